The van der Waals surface area contributed by atoms with Crippen LogP contribution in [-0.2, 0) is 22.4 Å². The number of nitrogens with one attached hydrogen (secondary N) is 2. The van der Waals surface area contributed by atoms with Crippen molar-refractivity contribution in [1.82, 2.24) is 20.4 Å². The molecule has 3 saturated heterocycles. The lowest BCUT2D eigenvalue weighted by Crippen LogP contribution is -2.60. The number of amides is 1. The molecule has 3 aliphatic heterocycles. The molecule has 0 aliphatic carbocycles. The van der Waals surface area contributed by atoms with Crippen LogP contribution in [0.3, 0.4) is 0 Å². The highest BCUT2D eigenvalue weighted by atomic mass is 35.5. The topological polar surface area (TPSA) is 97.3 Å². The van der Waals surface area contributed by atoms with Gasteiger partial charge in [-0.2, -0.15) is 0 Å². The van der Waals surface area contributed by atoms with Crippen LogP contribution in [0.4, 0.5) is 0 Å². The van der Waals surface area contributed by atoms with Gasteiger partial charge in [0.05, 0.1) is 13.2 Å². The van der Waals surface area contributed by atoms with Gasteiger partial charge in [0.2, 0.25) is 5.91 Å². The Bertz CT molecular complexity index is 1010. The van der Waals surface area contributed by atoms with Crippen molar-refractivity contribution in [3.05, 3.63) is 69.7 Å². The number of carbonyl (C=O) groups excluding carboxylic acids is 1. The van der Waals surface area contributed by atoms with Gasteiger partial charge in [0, 0.05) is 69.4 Å². The van der Waals surface area contributed by atoms with Gasteiger partial charge in [-0.05, 0) is 75.2 Å². The fourth-order valence-corrected chi connectivity index (χ4v) is 5.29. The van der Waals surface area contributed by atoms with Crippen molar-refractivity contribution in [2.75, 3.05) is 60.2 Å². The monoisotopic (exact) mass is 605 g/mol. The van der Waals surface area contributed by atoms with Gasteiger partial charge in [0.15, 0.2) is 0 Å². The lowest BCUT2D eigenvalue weighted by atomic mass is 10.0. The van der Waals surface area contributed by atoms with E-state index in [9.17, 15) is 9.90 Å². The van der Waals surface area contributed by atoms with Crippen LogP contribution in [0.5, 0.6) is 0 Å². The number of carbonyl (C=O) groups is 1. The van der Waals surface area contributed by atoms with E-state index in [4.69, 9.17) is 33.0 Å². The van der Waals surface area contributed by atoms with Crippen LogP contribution < -0.4 is 10.6 Å². The lowest BCUT2D eigenvalue weighted by molar-refractivity contribution is -0.131. The predicted octanol–water partition coefficient (Wildman–Crippen LogP) is 2.24. The first-order valence-corrected chi connectivity index (χ1v) is 14.8. The molecule has 0 aromatic heterocycles. The zero-order valence-corrected chi connectivity index (χ0v) is 25.7. The van der Waals surface area contributed by atoms with Gasteiger partial charge in [-0.3, -0.25) is 14.6 Å². The zero-order valence-electron chi connectivity index (χ0n) is 24.1. The Balaban J connectivity index is 0.000000240. The summed E-state index contributed by atoms with van der Waals surface area (Å²) in [6.07, 6.45) is 4.32. The number of halogens is 2. The minimum Gasteiger partial charge on any atom is -0.395 e. The van der Waals surface area contributed by atoms with E-state index < -0.39 is 6.04 Å². The van der Waals surface area contributed by atoms with Crippen LogP contribution in [0, 0.1) is 0 Å². The van der Waals surface area contributed by atoms with Gasteiger partial charge in [0.25, 0.3) is 0 Å². The smallest absolute Gasteiger partial charge is 0.240 e. The summed E-state index contributed by atoms with van der Waals surface area (Å²) in [5, 5.41) is 26.2. The fourth-order valence-electron chi connectivity index (χ4n) is 5.04. The highest BCUT2D eigenvalue weighted by Crippen LogP contribution is 2.15. The quantitative estimate of drug-likeness (QED) is 0.375. The summed E-state index contributed by atoms with van der Waals surface area (Å²) >= 11 is 11.7. The van der Waals surface area contributed by atoms with Crippen molar-refractivity contribution in [1.29, 1.82) is 0 Å². The molecule has 4 N–H and O–H groups in total. The fraction of sp³-hybridized carbons (Fsp3) is 0.567. The highest BCUT2D eigenvalue weighted by molar-refractivity contribution is 6.30. The van der Waals surface area contributed by atoms with Gasteiger partial charge in [-0.25, -0.2) is 0 Å². The number of likely N-dealkylation sites (N-methyl/N-ethyl adjacent to an activating group) is 2. The maximum absolute atomic E-state index is 11.8. The number of ether oxygens (including phenoxy) is 1. The molecule has 0 bridgehead atoms. The van der Waals surface area contributed by atoms with Gasteiger partial charge in [-0.15, -0.1) is 0 Å². The summed E-state index contributed by atoms with van der Waals surface area (Å²) < 4.78 is 4.94. The molecule has 3 radical (unpaired) electrons. The molecule has 3 aliphatic rings. The molecule has 3 fully saturated rings. The Labute approximate surface area is 256 Å². The Hall–Kier alpha value is -1.69. The normalized spacial score (nSPS) is 24.7. The van der Waals surface area contributed by atoms with E-state index in [0.717, 1.165) is 56.3 Å². The standard InChI is InChI=1S/C13H17ClN2O2.C13H19ClN2O.C4H8O.B/c1-16-7-11(15-13(18)12(16)8-17)6-9-2-4-10(14)5-3-9;1-16-8-12(15-7-13(16)9-17)6-10-2-4-11(14)5-3-10;1-2-4-5-3-1;/h2-5,11-12,17H,6-8H2,1H3,(H,15,18);2-5,12-13,15,17H,6-9H2,1H3;1-4H2;/t11?,12-;12?,13-;;/m01../s1. The Morgan fingerprint density at radius 1 is 0.829 bits per heavy atom. The minimum atomic E-state index is -0.425. The summed E-state index contributed by atoms with van der Waals surface area (Å²) in [6, 6.07) is 16.0. The first kappa shape index (κ1) is 35.5. The molecule has 2 aromatic rings. The van der Waals surface area contributed by atoms with E-state index in [1.165, 1.54) is 18.4 Å². The molecule has 225 valence electrons. The first-order chi connectivity index (χ1) is 19.3. The largest absolute Gasteiger partial charge is 0.395 e. The summed E-state index contributed by atoms with van der Waals surface area (Å²) in [6.45, 7) is 4.63. The Kier molecular flexibility index (Phi) is 16.3. The third-order valence-electron chi connectivity index (χ3n) is 7.47. The Morgan fingerprint density at radius 2 is 1.34 bits per heavy atom. The second-order valence-corrected chi connectivity index (χ2v) is 11.6. The minimum absolute atomic E-state index is 0. The van der Waals surface area contributed by atoms with E-state index >= 15 is 0 Å². The average Bonchev–Trinajstić information content (AvgIpc) is 3.52. The lowest BCUT2D eigenvalue weighted by Gasteiger charge is -2.37. The molecule has 2 unspecified atom stereocenters. The Morgan fingerprint density at radius 3 is 1.76 bits per heavy atom. The third kappa shape index (κ3) is 12.2. The molecule has 0 spiro atoms. The van der Waals surface area contributed by atoms with Gasteiger partial charge in [0.1, 0.15) is 6.04 Å². The van der Waals surface area contributed by atoms with Gasteiger partial charge in [-0.1, -0.05) is 47.5 Å². The van der Waals surface area contributed by atoms with Crippen LogP contribution >= 0.6 is 23.2 Å². The average molecular weight is 606 g/mol. The number of piperazine rings is 2. The number of nitrogens with zero attached hydrogens (tertiary/aromatic N) is 2. The molecule has 8 nitrogen and oxygen atoms in total. The molecular formula is C30H44BCl2N4O4. The predicted molar refractivity (Wildman–Crippen MR) is 167 cm³/mol. The van der Waals surface area contributed by atoms with Crippen molar-refractivity contribution >= 4 is 37.5 Å². The second-order valence-electron chi connectivity index (χ2n) is 10.7. The highest BCUT2D eigenvalue weighted by Gasteiger charge is 2.31. The first-order valence-electron chi connectivity index (χ1n) is 14.0. The number of aliphatic hydroxyl groups excluding tert-OH is 2. The molecule has 11 heteroatoms. The summed E-state index contributed by atoms with van der Waals surface area (Å²) in [5.74, 6) is -0.106. The van der Waals surface area contributed by atoms with Crippen LogP contribution in [-0.4, -0.2) is 119 Å². The maximum Gasteiger partial charge on any atom is 0.240 e. The molecule has 5 rings (SSSR count). The summed E-state index contributed by atoms with van der Waals surface area (Å²) in [4.78, 5) is 15.9. The van der Waals surface area contributed by atoms with Crippen molar-refractivity contribution in [3.8, 4) is 0 Å². The summed E-state index contributed by atoms with van der Waals surface area (Å²) in [7, 11) is 3.92. The van der Waals surface area contributed by atoms with Crippen LogP contribution in [0.1, 0.15) is 24.0 Å². The van der Waals surface area contributed by atoms with Crippen LogP contribution in [0.25, 0.3) is 0 Å². The van der Waals surface area contributed by atoms with Gasteiger partial charge >= 0.3 is 0 Å². The van der Waals surface area contributed by atoms with Crippen LogP contribution in [0.2, 0.25) is 10.0 Å². The van der Waals surface area contributed by atoms with E-state index in [1.807, 2.05) is 48.3 Å². The summed E-state index contributed by atoms with van der Waals surface area (Å²) in [5.41, 5.74) is 2.43. The number of hydrogen-bond acceptors (Lipinski definition) is 7. The molecule has 4 atom stereocenters. The second kappa shape index (κ2) is 18.8. The molecular weight excluding hydrogens is 562 g/mol. The van der Waals surface area contributed by atoms with E-state index in [-0.39, 0.29) is 39.6 Å². The van der Waals surface area contributed by atoms with Crippen LogP contribution in [0.15, 0.2) is 48.5 Å². The third-order valence-corrected chi connectivity index (χ3v) is 7.97. The molecule has 41 heavy (non-hydrogen) atoms. The number of aliphatic hydroxyl groups is 2. The van der Waals surface area contributed by atoms with E-state index in [2.05, 4.69) is 34.7 Å². The van der Waals surface area contributed by atoms with Crippen molar-refractivity contribution in [3.63, 3.8) is 0 Å². The molecule has 3 heterocycles. The number of hydrogen-bond donors (Lipinski definition) is 4. The van der Waals surface area contributed by atoms with Crippen molar-refractivity contribution in [2.24, 2.45) is 0 Å². The molecule has 2 aromatic carbocycles. The van der Waals surface area contributed by atoms with Crippen molar-refractivity contribution in [2.45, 2.75) is 49.9 Å². The zero-order chi connectivity index (χ0) is 28.9. The maximum atomic E-state index is 11.8. The van der Waals surface area contributed by atoms with Gasteiger partial charge < -0.3 is 25.6 Å². The molecule has 0 saturated carbocycles. The van der Waals surface area contributed by atoms with Crippen molar-refractivity contribution < 1.29 is 19.7 Å². The van der Waals surface area contributed by atoms with E-state index in [1.54, 1.807) is 0 Å². The number of benzene rings is 2. The molecule has 1 amide bonds. The SMILES string of the molecule is C1CCOC1.CN1CC(Cc2ccc(Cl)cc2)NC(=O)[C@@H]1CO.CN1CC(Cc2ccc(Cl)cc2)NC[C@@H]1CO.[B]. The number of rotatable bonds is 6. The van der Waals surface area contributed by atoms with E-state index in [0.29, 0.717) is 11.1 Å².